The predicted molar refractivity (Wildman–Crippen MR) is 67.2 cm³/mol. The van der Waals surface area contributed by atoms with Crippen LogP contribution in [0.1, 0.15) is 6.23 Å². The Hall–Kier alpha value is -2.02. The molecule has 21 heavy (non-hydrogen) atoms. The molecule has 2 heterocycles. The number of aliphatic hydroxyl groups is 2. The van der Waals surface area contributed by atoms with Gasteiger partial charge in [0, 0.05) is 6.20 Å². The lowest BCUT2D eigenvalue weighted by molar-refractivity contribution is -0.0942. The van der Waals surface area contributed by atoms with Gasteiger partial charge in [0.2, 0.25) is 6.43 Å². The van der Waals surface area contributed by atoms with Crippen molar-refractivity contribution in [2.45, 2.75) is 24.4 Å². The number of aromatic nitrogens is 2. The number of anilines is 1. The van der Waals surface area contributed by atoms with Crippen LogP contribution in [0.5, 0.6) is 0 Å². The third kappa shape index (κ3) is 2.37. The van der Waals surface area contributed by atoms with Crippen molar-refractivity contribution in [3.63, 3.8) is 0 Å². The molecule has 4 N–H and O–H groups in total. The van der Waals surface area contributed by atoms with Gasteiger partial charge in [-0.15, -0.1) is 6.42 Å². The molecule has 1 aliphatic rings. The first-order valence-electron chi connectivity index (χ1n) is 5.93. The molecular formula is C12H13F2N3O4. The molecular weight excluding hydrogens is 288 g/mol. The van der Waals surface area contributed by atoms with Gasteiger partial charge in [-0.2, -0.15) is 4.98 Å². The van der Waals surface area contributed by atoms with Crippen molar-refractivity contribution < 1.29 is 23.7 Å². The van der Waals surface area contributed by atoms with Crippen LogP contribution >= 0.6 is 0 Å². The van der Waals surface area contributed by atoms with Gasteiger partial charge in [0.1, 0.15) is 11.9 Å². The minimum Gasteiger partial charge on any atom is -0.392 e. The number of aliphatic hydroxyl groups excluding tert-OH is 2. The number of hydrogen-bond acceptors (Lipinski definition) is 6. The minimum absolute atomic E-state index is 0.0891. The van der Waals surface area contributed by atoms with Crippen LogP contribution in [0.15, 0.2) is 17.1 Å². The summed E-state index contributed by atoms with van der Waals surface area (Å²) in [6.07, 6.45) is -0.158. The zero-order valence-corrected chi connectivity index (χ0v) is 10.7. The maximum absolute atomic E-state index is 13.2. The number of ether oxygens (including phenoxy) is 1. The lowest BCUT2D eigenvalue weighted by Crippen LogP contribution is -2.44. The van der Waals surface area contributed by atoms with Crippen molar-refractivity contribution in [3.05, 3.63) is 22.7 Å². The lowest BCUT2D eigenvalue weighted by Gasteiger charge is -2.24. The second-order valence-electron chi connectivity index (χ2n) is 4.60. The highest BCUT2D eigenvalue weighted by atomic mass is 19.3. The summed E-state index contributed by atoms with van der Waals surface area (Å²) in [5.74, 6) is 0.0921. The molecule has 1 aliphatic heterocycles. The molecule has 0 saturated carbocycles. The van der Waals surface area contributed by atoms with E-state index in [9.17, 15) is 23.8 Å². The van der Waals surface area contributed by atoms with Gasteiger partial charge >= 0.3 is 5.69 Å². The summed E-state index contributed by atoms with van der Waals surface area (Å²) in [5.41, 5.74) is 2.38. The average molecular weight is 301 g/mol. The second kappa shape index (κ2) is 5.40. The van der Waals surface area contributed by atoms with Crippen LogP contribution in [-0.2, 0) is 4.74 Å². The molecule has 0 spiro atoms. The third-order valence-electron chi connectivity index (χ3n) is 3.40. The van der Waals surface area contributed by atoms with Crippen LogP contribution in [0, 0.1) is 18.3 Å². The summed E-state index contributed by atoms with van der Waals surface area (Å²) in [6.45, 7) is -0.873. The van der Waals surface area contributed by atoms with E-state index >= 15 is 0 Å². The van der Waals surface area contributed by atoms with Crippen LogP contribution in [-0.4, -0.2) is 44.5 Å². The molecule has 114 valence electrons. The molecule has 0 aromatic carbocycles. The SMILES string of the molecule is C#C[C@]1(CO)O[C@@H](n2ccc(N)nc2=O)[C@@H](C(F)F)[C@@H]1O. The van der Waals surface area contributed by atoms with E-state index in [1.54, 1.807) is 0 Å². The van der Waals surface area contributed by atoms with Gasteiger partial charge in [0.25, 0.3) is 0 Å². The number of nitrogens with two attached hydrogens (primary N) is 1. The normalized spacial score (nSPS) is 32.3. The summed E-state index contributed by atoms with van der Waals surface area (Å²) in [5, 5.41) is 19.2. The lowest BCUT2D eigenvalue weighted by atomic mass is 9.91. The van der Waals surface area contributed by atoms with Crippen LogP contribution < -0.4 is 11.4 Å². The summed E-state index contributed by atoms with van der Waals surface area (Å²) >= 11 is 0. The number of alkyl halides is 2. The Morgan fingerprint density at radius 3 is 2.81 bits per heavy atom. The van der Waals surface area contributed by atoms with E-state index in [4.69, 9.17) is 16.9 Å². The molecule has 0 aliphatic carbocycles. The highest BCUT2D eigenvalue weighted by Crippen LogP contribution is 2.43. The Balaban J connectivity index is 2.52. The molecule has 0 amide bonds. The topological polar surface area (TPSA) is 111 Å². The zero-order chi connectivity index (χ0) is 15.8. The van der Waals surface area contributed by atoms with Crippen molar-refractivity contribution in [2.24, 2.45) is 5.92 Å². The van der Waals surface area contributed by atoms with Gasteiger partial charge in [-0.1, -0.05) is 5.92 Å². The Labute approximate surface area is 118 Å². The summed E-state index contributed by atoms with van der Waals surface area (Å²) in [7, 11) is 0. The van der Waals surface area contributed by atoms with E-state index in [1.807, 2.05) is 5.92 Å². The van der Waals surface area contributed by atoms with E-state index < -0.39 is 42.6 Å². The molecule has 9 heteroatoms. The largest absolute Gasteiger partial charge is 0.392 e. The van der Waals surface area contributed by atoms with E-state index in [2.05, 4.69) is 4.98 Å². The van der Waals surface area contributed by atoms with Gasteiger partial charge < -0.3 is 20.7 Å². The van der Waals surface area contributed by atoms with Crippen molar-refractivity contribution in [1.82, 2.24) is 9.55 Å². The molecule has 2 rings (SSSR count). The molecule has 0 radical (unpaired) electrons. The smallest absolute Gasteiger partial charge is 0.351 e. The van der Waals surface area contributed by atoms with Crippen LogP contribution in [0.25, 0.3) is 0 Å². The van der Waals surface area contributed by atoms with Crippen molar-refractivity contribution in [2.75, 3.05) is 12.3 Å². The minimum atomic E-state index is -3.03. The number of terminal acetylenes is 1. The maximum Gasteiger partial charge on any atom is 0.351 e. The van der Waals surface area contributed by atoms with Crippen LogP contribution in [0.2, 0.25) is 0 Å². The maximum atomic E-state index is 13.2. The Kier molecular flexibility index (Phi) is 3.95. The second-order valence-corrected chi connectivity index (χ2v) is 4.60. The fraction of sp³-hybridized carbons (Fsp3) is 0.500. The van der Waals surface area contributed by atoms with E-state index in [0.717, 1.165) is 10.8 Å². The number of rotatable bonds is 3. The number of nitrogen functional groups attached to an aromatic ring is 1. The fourth-order valence-corrected chi connectivity index (χ4v) is 2.25. The van der Waals surface area contributed by atoms with Crippen molar-refractivity contribution >= 4 is 5.82 Å². The number of hydrogen-bond donors (Lipinski definition) is 3. The van der Waals surface area contributed by atoms with E-state index in [0.29, 0.717) is 0 Å². The van der Waals surface area contributed by atoms with E-state index in [1.165, 1.54) is 6.07 Å². The summed E-state index contributed by atoms with van der Waals surface area (Å²) < 4.78 is 32.4. The highest BCUT2D eigenvalue weighted by Gasteiger charge is 2.57. The molecule has 1 fully saturated rings. The number of nitrogens with zero attached hydrogens (tertiary/aromatic N) is 2. The fourth-order valence-electron chi connectivity index (χ4n) is 2.25. The first kappa shape index (κ1) is 15.4. The Bertz CT molecular complexity index is 630. The molecule has 1 aromatic rings. The average Bonchev–Trinajstić information content (AvgIpc) is 2.72. The van der Waals surface area contributed by atoms with Crippen LogP contribution in [0.3, 0.4) is 0 Å². The van der Waals surface area contributed by atoms with E-state index in [-0.39, 0.29) is 5.82 Å². The first-order valence-corrected chi connectivity index (χ1v) is 5.93. The Morgan fingerprint density at radius 1 is 1.67 bits per heavy atom. The molecule has 4 atom stereocenters. The van der Waals surface area contributed by atoms with Gasteiger partial charge in [0.15, 0.2) is 11.8 Å². The summed E-state index contributed by atoms with van der Waals surface area (Å²) in [6, 6.07) is 1.22. The zero-order valence-electron chi connectivity index (χ0n) is 10.7. The van der Waals surface area contributed by atoms with Crippen LogP contribution in [0.4, 0.5) is 14.6 Å². The van der Waals surface area contributed by atoms with Gasteiger partial charge in [-0.05, 0) is 6.07 Å². The van der Waals surface area contributed by atoms with Gasteiger partial charge in [-0.25, -0.2) is 13.6 Å². The summed E-state index contributed by atoms with van der Waals surface area (Å²) in [4.78, 5) is 15.1. The highest BCUT2D eigenvalue weighted by molar-refractivity contribution is 5.24. The van der Waals surface area contributed by atoms with Crippen molar-refractivity contribution in [3.8, 4) is 12.3 Å². The number of halogens is 2. The van der Waals surface area contributed by atoms with Gasteiger partial charge in [0.05, 0.1) is 12.5 Å². The first-order chi connectivity index (χ1) is 9.86. The predicted octanol–water partition coefficient (Wildman–Crippen LogP) is -1.04. The molecule has 0 unspecified atom stereocenters. The third-order valence-corrected chi connectivity index (χ3v) is 3.40. The van der Waals surface area contributed by atoms with Crippen molar-refractivity contribution in [1.29, 1.82) is 0 Å². The molecule has 1 saturated heterocycles. The Morgan fingerprint density at radius 2 is 2.33 bits per heavy atom. The quantitative estimate of drug-likeness (QED) is 0.615. The monoisotopic (exact) mass is 301 g/mol. The molecule has 1 aromatic heterocycles. The standard InChI is InChI=1S/C12H13F2N3O4/c1-2-12(5-18)8(19)7(9(13)14)10(21-12)17-4-3-6(15)16-11(17)20/h1,3-4,7-10,18-19H,5H2,(H2,15,16,20)/t7-,8+,10-,12-/m1/s1. The molecule has 7 nitrogen and oxygen atoms in total. The molecule has 0 bridgehead atoms. The van der Waals surface area contributed by atoms with Gasteiger partial charge in [-0.3, -0.25) is 4.57 Å².